The van der Waals surface area contributed by atoms with Crippen molar-refractivity contribution in [1.29, 1.82) is 0 Å². The third-order valence-corrected chi connectivity index (χ3v) is 5.37. The highest BCUT2D eigenvalue weighted by Gasteiger charge is 2.22. The molecule has 176 valence electrons. The van der Waals surface area contributed by atoms with Gasteiger partial charge in [0.05, 0.1) is 19.3 Å². The SMILES string of the molecule is C#CCOCC(O)CN1CCN(Cc2nc(C(=O)Nc3ccc4c(c3)OCCO4)co2)CC1. The van der Waals surface area contributed by atoms with E-state index in [2.05, 4.69) is 26.0 Å². The molecule has 1 fully saturated rings. The zero-order chi connectivity index (χ0) is 23.0. The quantitative estimate of drug-likeness (QED) is 0.419. The topological polar surface area (TPSA) is 110 Å². The average Bonchev–Trinajstić information content (AvgIpc) is 3.29. The first-order valence-corrected chi connectivity index (χ1v) is 10.9. The van der Waals surface area contributed by atoms with E-state index in [4.69, 9.17) is 25.1 Å². The molecule has 1 unspecified atom stereocenters. The summed E-state index contributed by atoms with van der Waals surface area (Å²) in [5.41, 5.74) is 0.811. The van der Waals surface area contributed by atoms with E-state index in [0.717, 1.165) is 26.2 Å². The van der Waals surface area contributed by atoms with Crippen molar-refractivity contribution in [3.8, 4) is 23.8 Å². The number of aromatic nitrogens is 1. The Morgan fingerprint density at radius 1 is 1.21 bits per heavy atom. The molecule has 0 bridgehead atoms. The van der Waals surface area contributed by atoms with Gasteiger partial charge in [0.1, 0.15) is 26.1 Å². The van der Waals surface area contributed by atoms with Crippen molar-refractivity contribution in [2.45, 2.75) is 12.6 Å². The van der Waals surface area contributed by atoms with E-state index in [0.29, 0.717) is 49.4 Å². The fourth-order valence-electron chi connectivity index (χ4n) is 3.73. The van der Waals surface area contributed by atoms with E-state index < -0.39 is 6.10 Å². The Kier molecular flexibility index (Phi) is 7.80. The average molecular weight is 456 g/mol. The number of nitrogens with zero attached hydrogens (tertiary/aromatic N) is 3. The number of nitrogens with one attached hydrogen (secondary N) is 1. The number of carbonyl (C=O) groups is 1. The van der Waals surface area contributed by atoms with Crippen LogP contribution in [-0.4, -0.2) is 91.1 Å². The predicted octanol–water partition coefficient (Wildman–Crippen LogP) is 0.826. The Balaban J connectivity index is 1.22. The molecule has 1 saturated heterocycles. The first-order valence-electron chi connectivity index (χ1n) is 10.9. The number of benzene rings is 1. The van der Waals surface area contributed by atoms with Gasteiger partial charge in [-0.05, 0) is 12.1 Å². The van der Waals surface area contributed by atoms with Crippen LogP contribution >= 0.6 is 0 Å². The molecule has 4 rings (SSSR count). The molecule has 0 radical (unpaired) electrons. The fraction of sp³-hybridized carbons (Fsp3) is 0.478. The second-order valence-electron chi connectivity index (χ2n) is 7.89. The third kappa shape index (κ3) is 6.46. The van der Waals surface area contributed by atoms with Gasteiger partial charge in [0.2, 0.25) is 5.89 Å². The molecule has 33 heavy (non-hydrogen) atoms. The molecule has 10 heteroatoms. The number of rotatable bonds is 9. The minimum Gasteiger partial charge on any atom is -0.486 e. The van der Waals surface area contributed by atoms with Gasteiger partial charge < -0.3 is 29.1 Å². The van der Waals surface area contributed by atoms with Gasteiger partial charge in [-0.25, -0.2) is 4.98 Å². The van der Waals surface area contributed by atoms with E-state index in [1.54, 1.807) is 18.2 Å². The Morgan fingerprint density at radius 2 is 1.97 bits per heavy atom. The van der Waals surface area contributed by atoms with Crippen molar-refractivity contribution < 1.29 is 28.5 Å². The van der Waals surface area contributed by atoms with E-state index in [9.17, 15) is 9.90 Å². The Labute approximate surface area is 192 Å². The normalized spacial score (nSPS) is 17.3. The Morgan fingerprint density at radius 3 is 2.76 bits per heavy atom. The van der Waals surface area contributed by atoms with Crippen molar-refractivity contribution >= 4 is 11.6 Å². The van der Waals surface area contributed by atoms with Crippen molar-refractivity contribution in [2.75, 3.05) is 64.5 Å². The molecule has 2 N–H and O–H groups in total. The molecule has 0 spiro atoms. The number of piperazine rings is 1. The van der Waals surface area contributed by atoms with E-state index in [-0.39, 0.29) is 24.8 Å². The lowest BCUT2D eigenvalue weighted by atomic mass is 10.2. The van der Waals surface area contributed by atoms with Gasteiger partial charge in [-0.3, -0.25) is 14.6 Å². The van der Waals surface area contributed by atoms with Crippen LogP contribution in [0.1, 0.15) is 16.4 Å². The molecule has 10 nitrogen and oxygen atoms in total. The molecule has 1 aromatic carbocycles. The van der Waals surface area contributed by atoms with Crippen LogP contribution in [-0.2, 0) is 11.3 Å². The number of amides is 1. The number of β-amino-alcohol motifs (C(OH)–C–C–N with tert-alkyl or cyclic N) is 1. The van der Waals surface area contributed by atoms with Crippen molar-refractivity contribution in [3.05, 3.63) is 36.0 Å². The number of aliphatic hydroxyl groups is 1. The highest BCUT2D eigenvalue weighted by atomic mass is 16.6. The monoisotopic (exact) mass is 456 g/mol. The van der Waals surface area contributed by atoms with Crippen LogP contribution in [0.2, 0.25) is 0 Å². The van der Waals surface area contributed by atoms with Crippen molar-refractivity contribution in [3.63, 3.8) is 0 Å². The second-order valence-corrected chi connectivity index (χ2v) is 7.89. The number of hydrogen-bond acceptors (Lipinski definition) is 9. The van der Waals surface area contributed by atoms with Crippen LogP contribution in [0, 0.1) is 12.3 Å². The van der Waals surface area contributed by atoms with Crippen molar-refractivity contribution in [1.82, 2.24) is 14.8 Å². The standard InChI is InChI=1S/C23H28N4O6/c1-2-9-30-15-18(28)13-26-5-7-27(8-6-26)14-22-25-19(16-33-22)23(29)24-17-3-4-20-21(12-17)32-11-10-31-20/h1,3-4,12,16,18,28H,5-11,13-15H2,(H,24,29). The van der Waals surface area contributed by atoms with Gasteiger partial charge in [0, 0.05) is 44.5 Å². The molecule has 1 amide bonds. The first kappa shape index (κ1) is 23.1. The van der Waals surface area contributed by atoms with Gasteiger partial charge in [0.15, 0.2) is 17.2 Å². The maximum atomic E-state index is 12.6. The van der Waals surface area contributed by atoms with Crippen LogP contribution < -0.4 is 14.8 Å². The zero-order valence-electron chi connectivity index (χ0n) is 18.4. The molecule has 1 atom stereocenters. The Hall–Kier alpha value is -3.10. The minimum atomic E-state index is -0.563. The number of ether oxygens (including phenoxy) is 3. The van der Waals surface area contributed by atoms with E-state index in [1.807, 2.05) is 0 Å². The molecule has 1 aromatic heterocycles. The van der Waals surface area contributed by atoms with Crippen LogP contribution in [0.15, 0.2) is 28.9 Å². The third-order valence-electron chi connectivity index (χ3n) is 5.37. The number of fused-ring (bicyclic) bond motifs is 1. The molecule has 3 heterocycles. The summed E-state index contributed by atoms with van der Waals surface area (Å²) in [4.78, 5) is 21.3. The molecule has 0 aliphatic carbocycles. The van der Waals surface area contributed by atoms with E-state index >= 15 is 0 Å². The fourth-order valence-corrected chi connectivity index (χ4v) is 3.73. The van der Waals surface area contributed by atoms with Crippen LogP contribution in [0.25, 0.3) is 0 Å². The summed E-state index contributed by atoms with van der Waals surface area (Å²) in [5, 5.41) is 12.8. The lowest BCUT2D eigenvalue weighted by Crippen LogP contribution is -2.48. The number of anilines is 1. The number of aliphatic hydroxyl groups excluding tert-OH is 1. The van der Waals surface area contributed by atoms with Gasteiger partial charge in [0.25, 0.3) is 5.91 Å². The summed E-state index contributed by atoms with van der Waals surface area (Å²) in [7, 11) is 0. The van der Waals surface area contributed by atoms with Crippen LogP contribution in [0.4, 0.5) is 5.69 Å². The van der Waals surface area contributed by atoms with Gasteiger partial charge in [-0.15, -0.1) is 6.42 Å². The molecular weight excluding hydrogens is 428 g/mol. The first-order chi connectivity index (χ1) is 16.1. The molecule has 0 saturated carbocycles. The van der Waals surface area contributed by atoms with E-state index in [1.165, 1.54) is 6.26 Å². The van der Waals surface area contributed by atoms with Crippen molar-refractivity contribution in [2.24, 2.45) is 0 Å². The summed E-state index contributed by atoms with van der Waals surface area (Å²) in [6, 6.07) is 5.25. The molecule has 2 aromatic rings. The van der Waals surface area contributed by atoms with Crippen LogP contribution in [0.3, 0.4) is 0 Å². The molecule has 2 aliphatic heterocycles. The van der Waals surface area contributed by atoms with Gasteiger partial charge in [-0.2, -0.15) is 0 Å². The summed E-state index contributed by atoms with van der Waals surface area (Å²) in [6.07, 6.45) is 5.94. The maximum Gasteiger partial charge on any atom is 0.277 e. The number of oxazole rings is 1. The van der Waals surface area contributed by atoms with Crippen LogP contribution in [0.5, 0.6) is 11.5 Å². The number of hydrogen-bond donors (Lipinski definition) is 2. The smallest absolute Gasteiger partial charge is 0.277 e. The summed E-state index contributed by atoms with van der Waals surface area (Å²) < 4.78 is 21.7. The second kappa shape index (κ2) is 11.2. The summed E-state index contributed by atoms with van der Waals surface area (Å²) in [5.74, 6) is 3.78. The molecular formula is C23H28N4O6. The highest BCUT2D eigenvalue weighted by molar-refractivity contribution is 6.02. The number of terminal acetylenes is 1. The predicted molar refractivity (Wildman–Crippen MR) is 119 cm³/mol. The van der Waals surface area contributed by atoms with Gasteiger partial charge in [-0.1, -0.05) is 5.92 Å². The summed E-state index contributed by atoms with van der Waals surface area (Å²) >= 11 is 0. The Bertz CT molecular complexity index is 980. The highest BCUT2D eigenvalue weighted by Crippen LogP contribution is 2.32. The lowest BCUT2D eigenvalue weighted by molar-refractivity contribution is 0.0146. The van der Waals surface area contributed by atoms with Gasteiger partial charge >= 0.3 is 0 Å². The largest absolute Gasteiger partial charge is 0.486 e. The minimum absolute atomic E-state index is 0.206. The number of carbonyl (C=O) groups excluding carboxylic acids is 1. The molecule has 2 aliphatic rings. The zero-order valence-corrected chi connectivity index (χ0v) is 18.4. The summed E-state index contributed by atoms with van der Waals surface area (Å²) in [6.45, 7) is 5.72. The lowest BCUT2D eigenvalue weighted by Gasteiger charge is -2.34. The maximum absolute atomic E-state index is 12.6.